The minimum atomic E-state index is -0.240. The first kappa shape index (κ1) is 18.8. The van der Waals surface area contributed by atoms with E-state index in [4.69, 9.17) is 16.3 Å². The lowest BCUT2D eigenvalue weighted by molar-refractivity contribution is 0.0268. The maximum absolute atomic E-state index is 6.31. The number of benzene rings is 1. The van der Waals surface area contributed by atoms with Gasteiger partial charge in [-0.25, -0.2) is 0 Å². The van der Waals surface area contributed by atoms with Gasteiger partial charge in [0.05, 0.1) is 5.60 Å². The van der Waals surface area contributed by atoms with Gasteiger partial charge in [-0.3, -0.25) is 4.99 Å². The second kappa shape index (κ2) is 7.84. The average Bonchev–Trinajstić information content (AvgIpc) is 2.47. The third-order valence-corrected chi connectivity index (χ3v) is 4.09. The van der Waals surface area contributed by atoms with Crippen molar-refractivity contribution in [2.75, 3.05) is 27.2 Å². The summed E-state index contributed by atoms with van der Waals surface area (Å²) in [6.07, 6.45) is 0. The van der Waals surface area contributed by atoms with Gasteiger partial charge in [0.2, 0.25) is 0 Å². The van der Waals surface area contributed by atoms with E-state index >= 15 is 0 Å². The van der Waals surface area contributed by atoms with E-state index in [0.29, 0.717) is 6.54 Å². The maximum atomic E-state index is 6.31. The first-order valence-electron chi connectivity index (χ1n) is 7.46. The Bertz CT molecular complexity index is 512. The SMILES string of the molecule is CN=C(NCC(C)(C)OC)NCC(C)(C)c1ccccc1Cl. The first-order valence-corrected chi connectivity index (χ1v) is 7.84. The predicted octanol–water partition coefficient (Wildman–Crippen LogP) is 3.21. The van der Waals surface area contributed by atoms with E-state index in [-0.39, 0.29) is 11.0 Å². The maximum Gasteiger partial charge on any atom is 0.191 e. The van der Waals surface area contributed by atoms with Crippen molar-refractivity contribution >= 4 is 17.6 Å². The fourth-order valence-corrected chi connectivity index (χ4v) is 2.39. The molecule has 0 heterocycles. The van der Waals surface area contributed by atoms with Gasteiger partial charge in [-0.2, -0.15) is 0 Å². The van der Waals surface area contributed by atoms with Gasteiger partial charge in [-0.1, -0.05) is 43.6 Å². The van der Waals surface area contributed by atoms with Gasteiger partial charge in [0.15, 0.2) is 5.96 Å². The molecule has 0 aliphatic heterocycles. The van der Waals surface area contributed by atoms with Crippen molar-refractivity contribution in [3.63, 3.8) is 0 Å². The molecule has 2 N–H and O–H groups in total. The van der Waals surface area contributed by atoms with Crippen LogP contribution in [-0.4, -0.2) is 38.8 Å². The second-order valence-corrected chi connectivity index (χ2v) is 7.01. The fourth-order valence-electron chi connectivity index (χ4n) is 2.00. The van der Waals surface area contributed by atoms with Crippen LogP contribution in [0.15, 0.2) is 29.3 Å². The third kappa shape index (κ3) is 5.50. The van der Waals surface area contributed by atoms with E-state index in [1.165, 1.54) is 0 Å². The number of rotatable bonds is 6. The van der Waals surface area contributed by atoms with Crippen molar-refractivity contribution in [2.24, 2.45) is 4.99 Å². The lowest BCUT2D eigenvalue weighted by Gasteiger charge is -2.29. The Morgan fingerprint density at radius 2 is 1.73 bits per heavy atom. The van der Waals surface area contributed by atoms with Crippen LogP contribution in [0.1, 0.15) is 33.3 Å². The highest BCUT2D eigenvalue weighted by atomic mass is 35.5. The van der Waals surface area contributed by atoms with E-state index in [1.54, 1.807) is 14.2 Å². The van der Waals surface area contributed by atoms with E-state index < -0.39 is 0 Å². The number of nitrogens with zero attached hydrogens (tertiary/aromatic N) is 1. The Balaban J connectivity index is 2.65. The molecule has 0 amide bonds. The number of aliphatic imine (C=N–C) groups is 1. The van der Waals surface area contributed by atoms with Crippen LogP contribution in [-0.2, 0) is 10.2 Å². The highest BCUT2D eigenvalue weighted by Crippen LogP contribution is 2.28. The predicted molar refractivity (Wildman–Crippen MR) is 94.9 cm³/mol. The summed E-state index contributed by atoms with van der Waals surface area (Å²) < 4.78 is 5.40. The van der Waals surface area contributed by atoms with Crippen molar-refractivity contribution in [2.45, 2.75) is 38.7 Å². The van der Waals surface area contributed by atoms with Gasteiger partial charge in [-0.15, -0.1) is 0 Å². The summed E-state index contributed by atoms with van der Waals surface area (Å²) >= 11 is 6.31. The number of hydrogen-bond acceptors (Lipinski definition) is 2. The number of hydrogen-bond donors (Lipinski definition) is 2. The first-order chi connectivity index (χ1) is 10.2. The molecular formula is C17H28ClN3O. The number of methoxy groups -OCH3 is 1. The summed E-state index contributed by atoms with van der Waals surface area (Å²) in [5, 5.41) is 7.43. The summed E-state index contributed by atoms with van der Waals surface area (Å²) in [5.74, 6) is 0.755. The third-order valence-electron chi connectivity index (χ3n) is 3.76. The topological polar surface area (TPSA) is 45.7 Å². The van der Waals surface area contributed by atoms with E-state index in [0.717, 1.165) is 23.1 Å². The molecule has 0 spiro atoms. The van der Waals surface area contributed by atoms with Crippen LogP contribution >= 0.6 is 11.6 Å². The van der Waals surface area contributed by atoms with Gasteiger partial charge >= 0.3 is 0 Å². The Morgan fingerprint density at radius 3 is 2.27 bits per heavy atom. The molecule has 0 bridgehead atoms. The van der Waals surface area contributed by atoms with Crippen LogP contribution < -0.4 is 10.6 Å². The number of nitrogens with one attached hydrogen (secondary N) is 2. The van der Waals surface area contributed by atoms with Gasteiger partial charge in [0.25, 0.3) is 0 Å². The van der Waals surface area contributed by atoms with Gasteiger partial charge in [0, 0.05) is 37.7 Å². The van der Waals surface area contributed by atoms with Crippen LogP contribution in [0.4, 0.5) is 0 Å². The number of ether oxygens (including phenoxy) is 1. The lowest BCUT2D eigenvalue weighted by atomic mass is 9.84. The molecule has 0 aliphatic rings. The zero-order valence-corrected chi connectivity index (χ0v) is 15.2. The Morgan fingerprint density at radius 1 is 1.14 bits per heavy atom. The smallest absolute Gasteiger partial charge is 0.191 e. The molecule has 0 radical (unpaired) electrons. The molecule has 0 unspecified atom stereocenters. The molecule has 0 saturated carbocycles. The molecule has 5 heteroatoms. The zero-order chi connectivity index (χ0) is 16.8. The summed E-state index contributed by atoms with van der Waals surface area (Å²) in [6, 6.07) is 7.95. The van der Waals surface area contributed by atoms with Gasteiger partial charge < -0.3 is 15.4 Å². The second-order valence-electron chi connectivity index (χ2n) is 6.61. The quantitative estimate of drug-likeness (QED) is 0.623. The Kier molecular flexibility index (Phi) is 6.69. The average molecular weight is 326 g/mol. The van der Waals surface area contributed by atoms with E-state index in [9.17, 15) is 0 Å². The highest BCUT2D eigenvalue weighted by Gasteiger charge is 2.24. The monoisotopic (exact) mass is 325 g/mol. The van der Waals surface area contributed by atoms with Crippen molar-refractivity contribution in [3.8, 4) is 0 Å². The van der Waals surface area contributed by atoms with Crippen LogP contribution in [0.25, 0.3) is 0 Å². The molecule has 0 saturated heterocycles. The summed E-state index contributed by atoms with van der Waals surface area (Å²) in [4.78, 5) is 4.25. The molecule has 1 rings (SSSR count). The molecule has 0 aromatic heterocycles. The molecule has 22 heavy (non-hydrogen) atoms. The van der Waals surface area contributed by atoms with Crippen molar-refractivity contribution in [3.05, 3.63) is 34.9 Å². The molecule has 1 aromatic carbocycles. The standard InChI is InChI=1S/C17H28ClN3O/c1-16(2,13-9-7-8-10-14(13)18)11-20-15(19-5)21-12-17(3,4)22-6/h7-10H,11-12H2,1-6H3,(H2,19,20,21). The molecule has 0 aliphatic carbocycles. The molecule has 124 valence electrons. The lowest BCUT2D eigenvalue weighted by Crippen LogP contribution is -2.48. The summed E-state index contributed by atoms with van der Waals surface area (Å²) in [7, 11) is 3.47. The number of halogens is 1. The molecule has 4 nitrogen and oxygen atoms in total. The largest absolute Gasteiger partial charge is 0.377 e. The molecule has 0 atom stereocenters. The van der Waals surface area contributed by atoms with Gasteiger partial charge in [0.1, 0.15) is 0 Å². The van der Waals surface area contributed by atoms with Crippen molar-refractivity contribution in [1.29, 1.82) is 0 Å². The Hall–Kier alpha value is -1.26. The van der Waals surface area contributed by atoms with Gasteiger partial charge in [-0.05, 0) is 25.5 Å². The molecule has 1 aromatic rings. The molecular weight excluding hydrogens is 298 g/mol. The van der Waals surface area contributed by atoms with Crippen LogP contribution in [0.5, 0.6) is 0 Å². The summed E-state index contributed by atoms with van der Waals surface area (Å²) in [6.45, 7) is 9.78. The zero-order valence-electron chi connectivity index (χ0n) is 14.5. The van der Waals surface area contributed by atoms with Crippen molar-refractivity contribution < 1.29 is 4.74 Å². The van der Waals surface area contributed by atoms with Crippen LogP contribution in [0.3, 0.4) is 0 Å². The minimum Gasteiger partial charge on any atom is -0.377 e. The van der Waals surface area contributed by atoms with Crippen molar-refractivity contribution in [1.82, 2.24) is 10.6 Å². The summed E-state index contributed by atoms with van der Waals surface area (Å²) in [5.41, 5.74) is 0.777. The molecule has 0 fully saturated rings. The van der Waals surface area contributed by atoms with Crippen LogP contribution in [0, 0.1) is 0 Å². The van der Waals surface area contributed by atoms with E-state index in [1.807, 2.05) is 32.0 Å². The Labute approximate surface area is 139 Å². The van der Waals surface area contributed by atoms with E-state index in [2.05, 4.69) is 35.5 Å². The fraction of sp³-hybridized carbons (Fsp3) is 0.588. The van der Waals surface area contributed by atoms with Crippen LogP contribution in [0.2, 0.25) is 5.02 Å². The normalized spacial score (nSPS) is 13.1. The number of guanidine groups is 1. The minimum absolute atomic E-state index is 0.104. The highest BCUT2D eigenvalue weighted by molar-refractivity contribution is 6.31.